The summed E-state index contributed by atoms with van der Waals surface area (Å²) in [4.78, 5) is 35.0. The minimum atomic E-state index is -1.19. The minimum absolute atomic E-state index is 0.121. The molecule has 2 atom stereocenters. The van der Waals surface area contributed by atoms with Gasteiger partial charge in [0.25, 0.3) is 0 Å². The third-order valence-electron chi connectivity index (χ3n) is 9.57. The Hall–Kier alpha value is -3.37. The average Bonchev–Trinajstić information content (AvgIpc) is 3.21. The highest BCUT2D eigenvalue weighted by Crippen LogP contribution is 2.58. The van der Waals surface area contributed by atoms with Crippen LogP contribution in [0.3, 0.4) is 0 Å². The standard InChI is InChI=1S/C31H39BN4O5/c1-18(2)25(35-28(38)39)27(37)36-17-31(11-12-31)15-24(36)26-33-16-23(34-26)21-8-7-20-14-22(10-9-19(20)13-21)32-40-29(3,4)30(5,6)41-32/h7-10,13-14,16,18,24-25,35H,11-12,15,17H2,1-6H3,(H,33,34)(H,38,39). The summed E-state index contributed by atoms with van der Waals surface area (Å²) >= 11 is 0. The average molecular weight is 558 g/mol. The first-order chi connectivity index (χ1) is 19.3. The lowest BCUT2D eigenvalue weighted by atomic mass is 9.78. The predicted molar refractivity (Wildman–Crippen MR) is 158 cm³/mol. The van der Waals surface area contributed by atoms with Crippen molar-refractivity contribution in [3.8, 4) is 11.3 Å². The Labute approximate surface area is 241 Å². The number of carbonyl (C=O) groups is 2. The van der Waals surface area contributed by atoms with Crippen molar-refractivity contribution in [3.05, 3.63) is 48.4 Å². The van der Waals surface area contributed by atoms with Crippen molar-refractivity contribution < 1.29 is 24.0 Å². The molecule has 9 nitrogen and oxygen atoms in total. The summed E-state index contributed by atoms with van der Waals surface area (Å²) in [5, 5.41) is 13.9. The van der Waals surface area contributed by atoms with E-state index in [-0.39, 0.29) is 23.3 Å². The quantitative estimate of drug-likeness (QED) is 0.372. The molecule has 41 heavy (non-hydrogen) atoms. The summed E-state index contributed by atoms with van der Waals surface area (Å²) in [6, 6.07) is 11.6. The van der Waals surface area contributed by atoms with E-state index in [2.05, 4.69) is 74.4 Å². The number of benzene rings is 2. The van der Waals surface area contributed by atoms with Crippen LogP contribution in [0.25, 0.3) is 22.0 Å². The molecule has 2 saturated heterocycles. The number of hydrogen-bond donors (Lipinski definition) is 3. The second-order valence-corrected chi connectivity index (χ2v) is 13.4. The molecule has 3 N–H and O–H groups in total. The van der Waals surface area contributed by atoms with E-state index in [1.807, 2.05) is 24.9 Å². The van der Waals surface area contributed by atoms with Gasteiger partial charge >= 0.3 is 13.2 Å². The molecule has 3 aromatic rings. The molecule has 1 saturated carbocycles. The third-order valence-corrected chi connectivity index (χ3v) is 9.57. The molecule has 2 unspecified atom stereocenters. The molecule has 2 aromatic carbocycles. The molecule has 1 spiro atoms. The van der Waals surface area contributed by atoms with Gasteiger partial charge in [0.05, 0.1) is 29.1 Å². The van der Waals surface area contributed by atoms with Crippen molar-refractivity contribution in [1.29, 1.82) is 0 Å². The first-order valence-electron chi connectivity index (χ1n) is 14.5. The normalized spacial score (nSPS) is 23.0. The number of H-pyrrole nitrogens is 1. The Kier molecular flexibility index (Phi) is 6.50. The Bertz CT molecular complexity index is 1500. The highest BCUT2D eigenvalue weighted by atomic mass is 16.7. The molecule has 2 aliphatic heterocycles. The Morgan fingerprint density at radius 1 is 1.07 bits per heavy atom. The van der Waals surface area contributed by atoms with Crippen LogP contribution in [0.1, 0.15) is 72.7 Å². The lowest BCUT2D eigenvalue weighted by Crippen LogP contribution is -2.51. The van der Waals surface area contributed by atoms with E-state index in [1.165, 1.54) is 0 Å². The molecule has 0 radical (unpaired) electrons. The fraction of sp³-hybridized carbons (Fsp3) is 0.516. The number of aromatic nitrogens is 2. The predicted octanol–water partition coefficient (Wildman–Crippen LogP) is 4.87. The van der Waals surface area contributed by atoms with E-state index in [9.17, 15) is 14.7 Å². The van der Waals surface area contributed by atoms with Crippen LogP contribution in [-0.4, -0.2) is 62.9 Å². The fourth-order valence-corrected chi connectivity index (χ4v) is 6.11. The maximum absolute atomic E-state index is 13.6. The van der Waals surface area contributed by atoms with Gasteiger partial charge in [-0.05, 0) is 80.6 Å². The molecule has 0 bridgehead atoms. The smallest absolute Gasteiger partial charge is 0.465 e. The second-order valence-electron chi connectivity index (χ2n) is 13.4. The van der Waals surface area contributed by atoms with E-state index in [4.69, 9.17) is 14.3 Å². The topological polar surface area (TPSA) is 117 Å². The van der Waals surface area contributed by atoms with Crippen molar-refractivity contribution in [2.75, 3.05) is 6.54 Å². The van der Waals surface area contributed by atoms with Gasteiger partial charge < -0.3 is 29.6 Å². The highest BCUT2D eigenvalue weighted by Gasteiger charge is 2.55. The molecule has 216 valence electrons. The zero-order valence-corrected chi connectivity index (χ0v) is 24.7. The lowest BCUT2D eigenvalue weighted by Gasteiger charge is -2.32. The Balaban J connectivity index is 1.24. The van der Waals surface area contributed by atoms with Crippen LogP contribution < -0.4 is 10.8 Å². The summed E-state index contributed by atoms with van der Waals surface area (Å²) in [5.41, 5.74) is 2.21. The number of hydrogen-bond acceptors (Lipinski definition) is 5. The first kappa shape index (κ1) is 27.8. The van der Waals surface area contributed by atoms with E-state index < -0.39 is 30.5 Å². The van der Waals surface area contributed by atoms with E-state index in [1.54, 1.807) is 0 Å². The number of amides is 2. The number of nitrogens with zero attached hydrogens (tertiary/aromatic N) is 2. The lowest BCUT2D eigenvalue weighted by molar-refractivity contribution is -0.135. The SMILES string of the molecule is CC(C)C(NC(=O)O)C(=O)N1CC2(CC2)CC1c1ncc(-c2ccc3cc(B4OC(C)(C)C(C)(C)O4)ccc3c2)[nH]1. The van der Waals surface area contributed by atoms with Crippen molar-refractivity contribution in [1.82, 2.24) is 20.2 Å². The van der Waals surface area contributed by atoms with Gasteiger partial charge in [-0.25, -0.2) is 9.78 Å². The molecular formula is C31H39BN4O5. The molecule has 3 aliphatic rings. The van der Waals surface area contributed by atoms with Crippen LogP contribution in [0.2, 0.25) is 0 Å². The highest BCUT2D eigenvalue weighted by molar-refractivity contribution is 6.62. The zero-order valence-electron chi connectivity index (χ0n) is 24.7. The van der Waals surface area contributed by atoms with E-state index >= 15 is 0 Å². The number of rotatable bonds is 6. The Morgan fingerprint density at radius 3 is 2.37 bits per heavy atom. The molecule has 6 rings (SSSR count). The van der Waals surface area contributed by atoms with Crippen LogP contribution in [0, 0.1) is 11.3 Å². The van der Waals surface area contributed by atoms with Gasteiger partial charge in [0.2, 0.25) is 5.91 Å². The number of aromatic amines is 1. The summed E-state index contributed by atoms with van der Waals surface area (Å²) in [6.45, 7) is 12.6. The van der Waals surface area contributed by atoms with Crippen molar-refractivity contribution >= 4 is 35.4 Å². The largest absolute Gasteiger partial charge is 0.494 e. The Morgan fingerprint density at radius 2 is 1.73 bits per heavy atom. The number of fused-ring (bicyclic) bond motifs is 1. The summed E-state index contributed by atoms with van der Waals surface area (Å²) in [5.74, 6) is 0.397. The van der Waals surface area contributed by atoms with Gasteiger partial charge in [-0.3, -0.25) is 4.79 Å². The van der Waals surface area contributed by atoms with Crippen LogP contribution in [0.15, 0.2) is 42.6 Å². The van der Waals surface area contributed by atoms with Gasteiger partial charge in [0, 0.05) is 12.1 Å². The van der Waals surface area contributed by atoms with E-state index in [0.717, 1.165) is 52.6 Å². The zero-order chi connectivity index (χ0) is 29.3. The minimum Gasteiger partial charge on any atom is -0.465 e. The molecule has 1 aliphatic carbocycles. The van der Waals surface area contributed by atoms with Crippen molar-refractivity contribution in [2.24, 2.45) is 11.3 Å². The molecule has 2 amide bonds. The van der Waals surface area contributed by atoms with Crippen molar-refractivity contribution in [2.45, 2.75) is 84.1 Å². The van der Waals surface area contributed by atoms with Gasteiger partial charge in [0.15, 0.2) is 0 Å². The molecule has 1 aromatic heterocycles. The first-order valence-corrected chi connectivity index (χ1v) is 14.5. The monoisotopic (exact) mass is 558 g/mol. The number of nitrogens with one attached hydrogen (secondary N) is 2. The van der Waals surface area contributed by atoms with Gasteiger partial charge in [-0.2, -0.15) is 0 Å². The van der Waals surface area contributed by atoms with Gasteiger partial charge in [-0.1, -0.05) is 44.2 Å². The molecule has 3 heterocycles. The van der Waals surface area contributed by atoms with Crippen molar-refractivity contribution in [3.63, 3.8) is 0 Å². The summed E-state index contributed by atoms with van der Waals surface area (Å²) in [7, 11) is -0.410. The van der Waals surface area contributed by atoms with Crippen LogP contribution in [0.4, 0.5) is 4.79 Å². The van der Waals surface area contributed by atoms with Crippen LogP contribution in [0.5, 0.6) is 0 Å². The summed E-state index contributed by atoms with van der Waals surface area (Å²) < 4.78 is 12.5. The molecule has 3 fully saturated rings. The molecular weight excluding hydrogens is 519 g/mol. The maximum atomic E-state index is 13.6. The van der Waals surface area contributed by atoms with E-state index in [0.29, 0.717) is 6.54 Å². The summed E-state index contributed by atoms with van der Waals surface area (Å²) in [6.07, 6.45) is 3.64. The van der Waals surface area contributed by atoms with Crippen LogP contribution in [-0.2, 0) is 14.1 Å². The second kappa shape index (κ2) is 9.59. The molecule has 10 heteroatoms. The number of likely N-dealkylation sites (tertiary alicyclic amines) is 1. The van der Waals surface area contributed by atoms with Gasteiger partial charge in [-0.15, -0.1) is 0 Å². The number of carbonyl (C=O) groups excluding carboxylic acids is 1. The fourth-order valence-electron chi connectivity index (χ4n) is 6.11. The number of carboxylic acid groups (broad SMARTS) is 1. The van der Waals surface area contributed by atoms with Crippen LogP contribution >= 0.6 is 0 Å². The van der Waals surface area contributed by atoms with Gasteiger partial charge in [0.1, 0.15) is 11.9 Å². The maximum Gasteiger partial charge on any atom is 0.494 e. The third kappa shape index (κ3) is 5.01. The number of imidazole rings is 1.